The minimum Gasteiger partial charge on any atom is -0.0825 e. The van der Waals surface area contributed by atoms with Crippen LogP contribution in [0.25, 0.3) is 0 Å². The van der Waals surface area contributed by atoms with Gasteiger partial charge in [-0.3, -0.25) is 0 Å². The van der Waals surface area contributed by atoms with Crippen LogP contribution in [0.2, 0.25) is 0 Å². The third-order valence-electron chi connectivity index (χ3n) is 1.68. The molecule has 8 heavy (non-hydrogen) atoms. The number of hydrogen-bond acceptors (Lipinski definition) is 0. The van der Waals surface area contributed by atoms with Crippen molar-refractivity contribution in [1.82, 2.24) is 0 Å². The van der Waals surface area contributed by atoms with Crippen molar-refractivity contribution in [2.24, 2.45) is 5.92 Å². The van der Waals surface area contributed by atoms with Gasteiger partial charge in [0.05, 0.1) is 0 Å². The van der Waals surface area contributed by atoms with Crippen molar-refractivity contribution in [3.05, 3.63) is 18.6 Å². The molecule has 1 rings (SSSR count). The highest BCUT2D eigenvalue weighted by Crippen LogP contribution is 2.20. The van der Waals surface area contributed by atoms with Gasteiger partial charge in [-0.05, 0) is 32.1 Å². The van der Waals surface area contributed by atoms with E-state index in [1.807, 2.05) is 0 Å². The summed E-state index contributed by atoms with van der Waals surface area (Å²) in [5.41, 5.74) is 1.34. The van der Waals surface area contributed by atoms with Crippen LogP contribution in [0.4, 0.5) is 0 Å². The summed E-state index contributed by atoms with van der Waals surface area (Å²) in [6.45, 7) is 6.16. The van der Waals surface area contributed by atoms with Gasteiger partial charge in [0.25, 0.3) is 0 Å². The van der Waals surface area contributed by atoms with E-state index in [0.29, 0.717) is 0 Å². The Morgan fingerprint density at radius 1 is 1.75 bits per heavy atom. The fourth-order valence-corrected chi connectivity index (χ4v) is 1.22. The first kappa shape index (κ1) is 5.87. The molecular weight excluding hydrogens is 96.1 g/mol. The molecule has 0 fully saturated rings. The predicted octanol–water partition coefficient (Wildman–Crippen LogP) is 2.57. The molecule has 0 aliphatic heterocycles. The molecule has 1 aliphatic carbocycles. The molecule has 1 radical (unpaired) electrons. The smallest absolute Gasteiger partial charge is 0.0259 e. The molecule has 1 aliphatic rings. The van der Waals surface area contributed by atoms with E-state index >= 15 is 0 Å². The summed E-state index contributed by atoms with van der Waals surface area (Å²) in [6, 6.07) is 0. The molecule has 0 heterocycles. The topological polar surface area (TPSA) is 0 Å². The maximum atomic E-state index is 3.91. The minimum absolute atomic E-state index is 0.788. The highest BCUT2D eigenvalue weighted by Gasteiger charge is 2.04. The van der Waals surface area contributed by atoms with E-state index in [0.717, 1.165) is 5.92 Å². The largest absolute Gasteiger partial charge is 0.0825 e. The standard InChI is InChI=1S/C8H13/c1-7-4-3-5-8(2)6-7/h6,8H,1,3-5H2,2H3. The molecule has 0 spiro atoms. The Kier molecular flexibility index (Phi) is 1.72. The Morgan fingerprint density at radius 3 is 2.88 bits per heavy atom. The van der Waals surface area contributed by atoms with Crippen LogP contribution >= 0.6 is 0 Å². The van der Waals surface area contributed by atoms with Crippen molar-refractivity contribution in [2.45, 2.75) is 26.2 Å². The van der Waals surface area contributed by atoms with E-state index in [1.165, 1.54) is 24.8 Å². The van der Waals surface area contributed by atoms with Crippen LogP contribution in [0.3, 0.4) is 0 Å². The SMILES string of the molecule is [CH2]C1=CC(C)CCC1. The van der Waals surface area contributed by atoms with Gasteiger partial charge in [-0.15, -0.1) is 0 Å². The van der Waals surface area contributed by atoms with Gasteiger partial charge >= 0.3 is 0 Å². The van der Waals surface area contributed by atoms with Crippen LogP contribution in [0, 0.1) is 12.8 Å². The van der Waals surface area contributed by atoms with Gasteiger partial charge in [0.15, 0.2) is 0 Å². The third kappa shape index (κ3) is 1.36. The molecule has 0 saturated heterocycles. The highest BCUT2D eigenvalue weighted by molar-refractivity contribution is 5.09. The van der Waals surface area contributed by atoms with Crippen molar-refractivity contribution in [3.8, 4) is 0 Å². The van der Waals surface area contributed by atoms with Crippen molar-refractivity contribution in [1.29, 1.82) is 0 Å². The van der Waals surface area contributed by atoms with Gasteiger partial charge in [-0.1, -0.05) is 18.6 Å². The summed E-state index contributed by atoms with van der Waals surface area (Å²) < 4.78 is 0. The van der Waals surface area contributed by atoms with Crippen LogP contribution in [0.1, 0.15) is 26.2 Å². The first-order valence-electron chi connectivity index (χ1n) is 3.31. The lowest BCUT2D eigenvalue weighted by molar-refractivity contribution is 0.573. The number of rotatable bonds is 0. The van der Waals surface area contributed by atoms with Crippen molar-refractivity contribution in [2.75, 3.05) is 0 Å². The minimum atomic E-state index is 0.788. The second kappa shape index (κ2) is 2.34. The Morgan fingerprint density at radius 2 is 2.50 bits per heavy atom. The maximum Gasteiger partial charge on any atom is -0.0259 e. The lowest BCUT2D eigenvalue weighted by Crippen LogP contribution is -1.97. The molecule has 0 amide bonds. The molecule has 0 heteroatoms. The molecule has 0 bridgehead atoms. The Bertz CT molecular complexity index is 101. The maximum absolute atomic E-state index is 3.91. The second-order valence-electron chi connectivity index (χ2n) is 2.69. The van der Waals surface area contributed by atoms with Crippen molar-refractivity contribution < 1.29 is 0 Å². The number of hydrogen-bond donors (Lipinski definition) is 0. The summed E-state index contributed by atoms with van der Waals surface area (Å²) in [5, 5.41) is 0. The summed E-state index contributed by atoms with van der Waals surface area (Å²) in [5.74, 6) is 0.788. The molecule has 1 unspecified atom stereocenters. The van der Waals surface area contributed by atoms with Gasteiger partial charge in [0, 0.05) is 0 Å². The molecule has 0 N–H and O–H groups in total. The average molecular weight is 109 g/mol. The number of allylic oxidation sites excluding steroid dienone is 2. The Labute approximate surface area is 51.6 Å². The van der Waals surface area contributed by atoms with E-state index in [1.54, 1.807) is 0 Å². The molecule has 45 valence electrons. The van der Waals surface area contributed by atoms with Gasteiger partial charge in [0.1, 0.15) is 0 Å². The summed E-state index contributed by atoms with van der Waals surface area (Å²) >= 11 is 0. The van der Waals surface area contributed by atoms with Crippen LogP contribution in [0.15, 0.2) is 11.6 Å². The monoisotopic (exact) mass is 109 g/mol. The fraction of sp³-hybridized carbons (Fsp3) is 0.625. The summed E-state index contributed by atoms with van der Waals surface area (Å²) in [4.78, 5) is 0. The van der Waals surface area contributed by atoms with Crippen LogP contribution < -0.4 is 0 Å². The first-order valence-corrected chi connectivity index (χ1v) is 3.31. The van der Waals surface area contributed by atoms with E-state index in [2.05, 4.69) is 19.9 Å². The highest BCUT2D eigenvalue weighted by atomic mass is 14.1. The Hall–Kier alpha value is -0.260. The van der Waals surface area contributed by atoms with Gasteiger partial charge < -0.3 is 0 Å². The lowest BCUT2D eigenvalue weighted by Gasteiger charge is -2.13. The van der Waals surface area contributed by atoms with Gasteiger partial charge in [-0.2, -0.15) is 0 Å². The molecule has 0 aromatic heterocycles. The molecule has 0 aromatic carbocycles. The predicted molar refractivity (Wildman–Crippen MR) is 36.5 cm³/mol. The van der Waals surface area contributed by atoms with E-state index in [9.17, 15) is 0 Å². The van der Waals surface area contributed by atoms with Crippen LogP contribution in [-0.4, -0.2) is 0 Å². The normalized spacial score (nSPS) is 29.8. The first-order chi connectivity index (χ1) is 3.79. The molecular formula is C8H13. The lowest BCUT2D eigenvalue weighted by atomic mass is 9.93. The zero-order chi connectivity index (χ0) is 5.98. The van der Waals surface area contributed by atoms with Gasteiger partial charge in [-0.25, -0.2) is 0 Å². The fourth-order valence-electron chi connectivity index (χ4n) is 1.22. The third-order valence-corrected chi connectivity index (χ3v) is 1.68. The van der Waals surface area contributed by atoms with E-state index in [-0.39, 0.29) is 0 Å². The van der Waals surface area contributed by atoms with Crippen molar-refractivity contribution >= 4 is 0 Å². The van der Waals surface area contributed by atoms with Crippen LogP contribution in [-0.2, 0) is 0 Å². The molecule has 0 nitrogen and oxygen atoms in total. The van der Waals surface area contributed by atoms with Crippen LogP contribution in [0.5, 0.6) is 0 Å². The second-order valence-corrected chi connectivity index (χ2v) is 2.69. The summed E-state index contributed by atoms with van der Waals surface area (Å²) in [6.07, 6.45) is 6.21. The van der Waals surface area contributed by atoms with Gasteiger partial charge in [0.2, 0.25) is 0 Å². The zero-order valence-electron chi connectivity index (χ0n) is 5.48. The van der Waals surface area contributed by atoms with Crippen molar-refractivity contribution in [3.63, 3.8) is 0 Å². The average Bonchev–Trinajstić information content (AvgIpc) is 1.64. The van der Waals surface area contributed by atoms with E-state index < -0.39 is 0 Å². The quantitative estimate of drug-likeness (QED) is 0.448. The van der Waals surface area contributed by atoms with E-state index in [4.69, 9.17) is 0 Å². The molecule has 1 atom stereocenters. The Balaban J connectivity index is 2.50. The summed E-state index contributed by atoms with van der Waals surface area (Å²) in [7, 11) is 0. The molecule has 0 saturated carbocycles. The molecule has 0 aromatic rings. The zero-order valence-corrected chi connectivity index (χ0v) is 5.48.